The Morgan fingerprint density at radius 2 is 2.07 bits per heavy atom. The van der Waals surface area contributed by atoms with Crippen molar-refractivity contribution in [2.75, 3.05) is 6.61 Å². The minimum atomic E-state index is 0.338. The van der Waals surface area contributed by atoms with Crippen LogP contribution < -0.4 is 0 Å². The van der Waals surface area contributed by atoms with Gasteiger partial charge in [-0.3, -0.25) is 0 Å². The van der Waals surface area contributed by atoms with Gasteiger partial charge in [0.25, 0.3) is 0 Å². The molecule has 2 aliphatic heterocycles. The lowest BCUT2D eigenvalue weighted by Gasteiger charge is -2.04. The highest BCUT2D eigenvalue weighted by molar-refractivity contribution is 5.33. The molecule has 2 fully saturated rings. The first-order valence-corrected chi connectivity index (χ1v) is 5.19. The average Bonchev–Trinajstić information content (AvgIpc) is 3.06. The maximum Gasteiger partial charge on any atom is 0.109 e. The van der Waals surface area contributed by atoms with Crippen molar-refractivity contribution >= 4 is 0 Å². The number of benzene rings is 1. The van der Waals surface area contributed by atoms with E-state index in [1.165, 1.54) is 11.1 Å². The van der Waals surface area contributed by atoms with Gasteiger partial charge in [-0.2, -0.15) is 0 Å². The molecule has 74 valence electrons. The zero-order valence-corrected chi connectivity index (χ0v) is 8.27. The van der Waals surface area contributed by atoms with Gasteiger partial charge < -0.3 is 9.47 Å². The molecule has 0 radical (unpaired) electrons. The van der Waals surface area contributed by atoms with Crippen molar-refractivity contribution in [2.24, 2.45) is 0 Å². The summed E-state index contributed by atoms with van der Waals surface area (Å²) in [6, 6.07) is 8.53. The Morgan fingerprint density at radius 1 is 1.36 bits per heavy atom. The molecule has 2 nitrogen and oxygen atoms in total. The van der Waals surface area contributed by atoms with Gasteiger partial charge in [-0.25, -0.2) is 0 Å². The van der Waals surface area contributed by atoms with Gasteiger partial charge >= 0.3 is 0 Å². The van der Waals surface area contributed by atoms with Crippen LogP contribution >= 0.6 is 0 Å². The van der Waals surface area contributed by atoms with Crippen molar-refractivity contribution in [2.45, 2.75) is 31.7 Å². The van der Waals surface area contributed by atoms with Crippen LogP contribution in [-0.4, -0.2) is 18.8 Å². The molecule has 0 amide bonds. The number of rotatable bonds is 3. The molecule has 0 saturated carbocycles. The van der Waals surface area contributed by atoms with Crippen LogP contribution in [0.15, 0.2) is 24.3 Å². The van der Waals surface area contributed by atoms with Crippen molar-refractivity contribution < 1.29 is 9.47 Å². The second-order valence-corrected chi connectivity index (χ2v) is 4.12. The van der Waals surface area contributed by atoms with Gasteiger partial charge in [-0.1, -0.05) is 24.3 Å². The van der Waals surface area contributed by atoms with Crippen LogP contribution in [0.4, 0.5) is 0 Å². The van der Waals surface area contributed by atoms with Gasteiger partial charge in [0.05, 0.1) is 18.8 Å². The number of epoxide rings is 2. The topological polar surface area (TPSA) is 25.1 Å². The van der Waals surface area contributed by atoms with Gasteiger partial charge in [0.1, 0.15) is 6.10 Å². The zero-order chi connectivity index (χ0) is 9.54. The summed E-state index contributed by atoms with van der Waals surface area (Å²) in [7, 11) is 0. The molecule has 3 rings (SSSR count). The van der Waals surface area contributed by atoms with Crippen LogP contribution in [0.1, 0.15) is 24.2 Å². The first-order valence-electron chi connectivity index (χ1n) is 5.19. The SMILES string of the molecule is CC1OC1c1ccccc1CC1CO1. The predicted molar refractivity (Wildman–Crippen MR) is 53.2 cm³/mol. The summed E-state index contributed by atoms with van der Waals surface area (Å²) in [4.78, 5) is 0. The lowest BCUT2D eigenvalue weighted by molar-refractivity contribution is 0.380. The van der Waals surface area contributed by atoms with Crippen LogP contribution in [0, 0.1) is 0 Å². The van der Waals surface area contributed by atoms with E-state index in [1.807, 2.05) is 0 Å². The van der Waals surface area contributed by atoms with Crippen LogP contribution in [-0.2, 0) is 15.9 Å². The van der Waals surface area contributed by atoms with E-state index >= 15 is 0 Å². The molecule has 2 heteroatoms. The summed E-state index contributed by atoms with van der Waals surface area (Å²) in [6.07, 6.45) is 2.24. The molecule has 2 aliphatic rings. The standard InChI is InChI=1S/C12H14O2/c1-8-12(14-8)11-5-3-2-4-9(11)6-10-7-13-10/h2-5,8,10,12H,6-7H2,1H3. The molecule has 14 heavy (non-hydrogen) atoms. The van der Waals surface area contributed by atoms with E-state index in [2.05, 4.69) is 31.2 Å². The zero-order valence-electron chi connectivity index (χ0n) is 8.27. The van der Waals surface area contributed by atoms with Crippen LogP contribution in [0.3, 0.4) is 0 Å². The van der Waals surface area contributed by atoms with Crippen LogP contribution in [0.25, 0.3) is 0 Å². The lowest BCUT2D eigenvalue weighted by Crippen LogP contribution is -1.98. The first-order chi connectivity index (χ1) is 6.84. The van der Waals surface area contributed by atoms with Crippen LogP contribution in [0.2, 0.25) is 0 Å². The molecule has 1 aromatic rings. The Morgan fingerprint density at radius 3 is 2.71 bits per heavy atom. The Hall–Kier alpha value is -0.860. The Bertz CT molecular complexity index is 344. The second kappa shape index (κ2) is 3.07. The fraction of sp³-hybridized carbons (Fsp3) is 0.500. The fourth-order valence-corrected chi connectivity index (χ4v) is 1.94. The molecule has 0 aromatic heterocycles. The van der Waals surface area contributed by atoms with E-state index in [9.17, 15) is 0 Å². The molecule has 0 aliphatic carbocycles. The molecular weight excluding hydrogens is 176 g/mol. The van der Waals surface area contributed by atoms with Crippen molar-refractivity contribution in [3.05, 3.63) is 35.4 Å². The maximum atomic E-state index is 5.50. The second-order valence-electron chi connectivity index (χ2n) is 4.12. The highest BCUT2D eigenvalue weighted by Crippen LogP contribution is 2.40. The minimum Gasteiger partial charge on any atom is -0.373 e. The molecular formula is C12H14O2. The normalized spacial score (nSPS) is 34.2. The van der Waals surface area contributed by atoms with Gasteiger partial charge in [-0.05, 0) is 18.1 Å². The van der Waals surface area contributed by atoms with Crippen molar-refractivity contribution in [1.82, 2.24) is 0 Å². The molecule has 2 heterocycles. The third kappa shape index (κ3) is 1.56. The maximum absolute atomic E-state index is 5.50. The minimum absolute atomic E-state index is 0.338. The van der Waals surface area contributed by atoms with E-state index in [0.29, 0.717) is 18.3 Å². The monoisotopic (exact) mass is 190 g/mol. The van der Waals surface area contributed by atoms with Gasteiger partial charge in [0, 0.05) is 6.42 Å². The summed E-state index contributed by atoms with van der Waals surface area (Å²) in [5, 5.41) is 0. The van der Waals surface area contributed by atoms with E-state index in [4.69, 9.17) is 9.47 Å². The Balaban J connectivity index is 1.84. The number of hydrogen-bond acceptors (Lipinski definition) is 2. The van der Waals surface area contributed by atoms with Gasteiger partial charge in [-0.15, -0.1) is 0 Å². The highest BCUT2D eigenvalue weighted by Gasteiger charge is 2.37. The third-order valence-corrected chi connectivity index (χ3v) is 2.92. The largest absolute Gasteiger partial charge is 0.373 e. The highest BCUT2D eigenvalue weighted by atomic mass is 16.6. The predicted octanol–water partition coefficient (Wildman–Crippen LogP) is 2.09. The molecule has 3 unspecified atom stereocenters. The van der Waals surface area contributed by atoms with E-state index in [1.54, 1.807) is 0 Å². The summed E-state index contributed by atoms with van der Waals surface area (Å²) < 4.78 is 10.8. The van der Waals surface area contributed by atoms with E-state index in [0.717, 1.165) is 13.0 Å². The Labute approximate surface area is 83.8 Å². The van der Waals surface area contributed by atoms with Gasteiger partial charge in [0.15, 0.2) is 0 Å². The van der Waals surface area contributed by atoms with Crippen molar-refractivity contribution in [3.63, 3.8) is 0 Å². The molecule has 0 bridgehead atoms. The summed E-state index contributed by atoms with van der Waals surface area (Å²) in [5.41, 5.74) is 2.75. The molecule has 1 aromatic carbocycles. The van der Waals surface area contributed by atoms with Crippen molar-refractivity contribution in [1.29, 1.82) is 0 Å². The summed E-state index contributed by atoms with van der Waals surface area (Å²) in [5.74, 6) is 0. The fourth-order valence-electron chi connectivity index (χ4n) is 1.94. The Kier molecular flexibility index (Phi) is 1.85. The molecule has 0 spiro atoms. The first kappa shape index (κ1) is 8.45. The summed E-state index contributed by atoms with van der Waals surface area (Å²) in [6.45, 7) is 3.05. The van der Waals surface area contributed by atoms with Crippen LogP contribution in [0.5, 0.6) is 0 Å². The van der Waals surface area contributed by atoms with Gasteiger partial charge in [0.2, 0.25) is 0 Å². The lowest BCUT2D eigenvalue weighted by atomic mass is 9.99. The third-order valence-electron chi connectivity index (χ3n) is 2.92. The van der Waals surface area contributed by atoms with Crippen molar-refractivity contribution in [3.8, 4) is 0 Å². The number of ether oxygens (including phenoxy) is 2. The quantitative estimate of drug-likeness (QED) is 0.682. The number of hydrogen-bond donors (Lipinski definition) is 0. The van der Waals surface area contributed by atoms with E-state index < -0.39 is 0 Å². The average molecular weight is 190 g/mol. The summed E-state index contributed by atoms with van der Waals surface area (Å²) >= 11 is 0. The molecule has 3 atom stereocenters. The van der Waals surface area contributed by atoms with E-state index in [-0.39, 0.29) is 0 Å². The smallest absolute Gasteiger partial charge is 0.109 e. The molecule has 2 saturated heterocycles. The molecule has 0 N–H and O–H groups in total.